The molecule has 0 amide bonds. The quantitative estimate of drug-likeness (QED) is 0.542. The zero-order valence-electron chi connectivity index (χ0n) is 11.0. The van der Waals surface area contributed by atoms with Gasteiger partial charge in [-0.1, -0.05) is 26.2 Å². The van der Waals surface area contributed by atoms with Gasteiger partial charge in [0.05, 0.1) is 0 Å². The first-order valence-corrected chi connectivity index (χ1v) is 6.60. The van der Waals surface area contributed by atoms with Gasteiger partial charge in [0, 0.05) is 5.38 Å². The lowest BCUT2D eigenvalue weighted by atomic mass is 9.87. The zero-order chi connectivity index (χ0) is 12.6. The predicted octanol–water partition coefficient (Wildman–Crippen LogP) is 4.15. The first kappa shape index (κ1) is 15.8. The van der Waals surface area contributed by atoms with Crippen molar-refractivity contribution in [3.63, 3.8) is 0 Å². The maximum absolute atomic E-state index is 9.60. The lowest BCUT2D eigenvalue weighted by Gasteiger charge is -2.25. The summed E-state index contributed by atoms with van der Waals surface area (Å²) in [6.07, 6.45) is 6.64. The summed E-state index contributed by atoms with van der Waals surface area (Å²) in [6, 6.07) is 0. The molecule has 2 atom stereocenters. The molecule has 2 nitrogen and oxygen atoms in total. The van der Waals surface area contributed by atoms with E-state index in [4.69, 9.17) is 11.6 Å². The van der Waals surface area contributed by atoms with E-state index in [0.717, 1.165) is 5.92 Å². The van der Waals surface area contributed by atoms with Crippen LogP contribution >= 0.6 is 11.6 Å². The van der Waals surface area contributed by atoms with E-state index < -0.39 is 0 Å². The van der Waals surface area contributed by atoms with Gasteiger partial charge in [0.2, 0.25) is 0 Å². The van der Waals surface area contributed by atoms with Crippen molar-refractivity contribution in [2.75, 3.05) is 0 Å². The summed E-state index contributed by atoms with van der Waals surface area (Å²) in [5, 5.41) is 0.490. The first-order valence-electron chi connectivity index (χ1n) is 6.16. The van der Waals surface area contributed by atoms with Gasteiger partial charge in [0.25, 0.3) is 6.47 Å². The largest absolute Gasteiger partial charge is 0.462 e. The number of carbonyl (C=O) groups excluding carboxylic acids is 1. The third-order valence-corrected chi connectivity index (χ3v) is 3.32. The Morgan fingerprint density at radius 3 is 2.12 bits per heavy atom. The summed E-state index contributed by atoms with van der Waals surface area (Å²) >= 11 is 6.08. The third-order valence-electron chi connectivity index (χ3n) is 2.74. The molecule has 0 heterocycles. The van der Waals surface area contributed by atoms with Crippen molar-refractivity contribution in [3.05, 3.63) is 0 Å². The van der Waals surface area contributed by atoms with E-state index in [0.29, 0.717) is 11.8 Å². The van der Waals surface area contributed by atoms with E-state index in [1.807, 2.05) is 20.8 Å². The second kappa shape index (κ2) is 7.94. The van der Waals surface area contributed by atoms with Crippen LogP contribution in [0.3, 0.4) is 0 Å². The van der Waals surface area contributed by atoms with Gasteiger partial charge in [-0.05, 0) is 39.5 Å². The fraction of sp³-hybridized carbons (Fsp3) is 0.923. The van der Waals surface area contributed by atoms with Crippen molar-refractivity contribution >= 4 is 18.1 Å². The Kier molecular flexibility index (Phi) is 7.82. The fourth-order valence-electron chi connectivity index (χ4n) is 1.77. The van der Waals surface area contributed by atoms with Crippen LogP contribution in [-0.4, -0.2) is 17.5 Å². The highest BCUT2D eigenvalue weighted by Crippen LogP contribution is 2.30. The van der Waals surface area contributed by atoms with Crippen molar-refractivity contribution in [2.45, 2.75) is 70.8 Å². The van der Waals surface area contributed by atoms with E-state index in [1.54, 1.807) is 0 Å². The van der Waals surface area contributed by atoms with Gasteiger partial charge in [0.1, 0.15) is 5.60 Å². The molecule has 1 aliphatic carbocycles. The zero-order valence-corrected chi connectivity index (χ0v) is 11.7. The third kappa shape index (κ3) is 7.98. The number of rotatable bonds is 2. The molecule has 0 aromatic heterocycles. The molecule has 1 fully saturated rings. The number of alkyl halides is 1. The van der Waals surface area contributed by atoms with Crippen molar-refractivity contribution < 1.29 is 9.53 Å². The van der Waals surface area contributed by atoms with Crippen LogP contribution in [0.2, 0.25) is 0 Å². The summed E-state index contributed by atoms with van der Waals surface area (Å²) in [4.78, 5) is 9.60. The second-order valence-electron chi connectivity index (χ2n) is 5.30. The fourth-order valence-corrected chi connectivity index (χ4v) is 2.23. The van der Waals surface area contributed by atoms with Gasteiger partial charge in [0.15, 0.2) is 0 Å². The molecule has 0 bridgehead atoms. The summed E-state index contributed by atoms with van der Waals surface area (Å²) in [7, 11) is 0. The van der Waals surface area contributed by atoms with Crippen molar-refractivity contribution in [3.8, 4) is 0 Å². The lowest BCUT2D eigenvalue weighted by molar-refractivity contribution is -0.138. The van der Waals surface area contributed by atoms with Crippen LogP contribution in [0, 0.1) is 5.92 Å². The number of hydrogen-bond acceptors (Lipinski definition) is 2. The van der Waals surface area contributed by atoms with E-state index in [2.05, 4.69) is 11.7 Å². The first-order chi connectivity index (χ1) is 7.40. The van der Waals surface area contributed by atoms with Crippen LogP contribution in [0.5, 0.6) is 0 Å². The maximum atomic E-state index is 9.60. The molecule has 3 heteroatoms. The SMILES string of the molecule is CC(C)(C)OC=O.CCC1CCCCC1Cl. The topological polar surface area (TPSA) is 26.3 Å². The Hall–Kier alpha value is -0.240. The molecular weight excluding hydrogens is 224 g/mol. The van der Waals surface area contributed by atoms with Crippen molar-refractivity contribution in [2.24, 2.45) is 5.92 Å². The Labute approximate surface area is 105 Å². The lowest BCUT2D eigenvalue weighted by Crippen LogP contribution is -2.18. The molecule has 0 aromatic carbocycles. The van der Waals surface area contributed by atoms with Gasteiger partial charge >= 0.3 is 0 Å². The molecule has 1 aliphatic rings. The Bertz CT molecular complexity index is 187. The van der Waals surface area contributed by atoms with Gasteiger partial charge in [-0.25, -0.2) is 0 Å². The molecule has 0 N–H and O–H groups in total. The van der Waals surface area contributed by atoms with Crippen LogP contribution in [0.15, 0.2) is 0 Å². The molecule has 1 saturated carbocycles. The molecule has 0 saturated heterocycles. The van der Waals surface area contributed by atoms with E-state index in [-0.39, 0.29) is 5.60 Å². The molecule has 0 spiro atoms. The van der Waals surface area contributed by atoms with Crippen molar-refractivity contribution in [1.29, 1.82) is 0 Å². The van der Waals surface area contributed by atoms with Gasteiger partial charge in [-0.2, -0.15) is 0 Å². The second-order valence-corrected chi connectivity index (χ2v) is 5.86. The summed E-state index contributed by atoms with van der Waals surface area (Å²) in [5.41, 5.74) is -0.318. The molecule has 0 aromatic rings. The number of halogens is 1. The highest BCUT2D eigenvalue weighted by molar-refractivity contribution is 6.20. The molecule has 16 heavy (non-hydrogen) atoms. The summed E-state index contributed by atoms with van der Waals surface area (Å²) in [6.45, 7) is 8.16. The van der Waals surface area contributed by atoms with Crippen LogP contribution in [0.25, 0.3) is 0 Å². The molecule has 2 unspecified atom stereocenters. The van der Waals surface area contributed by atoms with E-state index >= 15 is 0 Å². The highest BCUT2D eigenvalue weighted by Gasteiger charge is 2.20. The summed E-state index contributed by atoms with van der Waals surface area (Å²) in [5.74, 6) is 0.820. The molecular formula is C13H25ClO2. The minimum Gasteiger partial charge on any atom is -0.462 e. The molecule has 1 rings (SSSR count). The Balaban J connectivity index is 0.000000293. The van der Waals surface area contributed by atoms with Gasteiger partial charge in [-0.3, -0.25) is 4.79 Å². The monoisotopic (exact) mass is 248 g/mol. The maximum Gasteiger partial charge on any atom is 0.293 e. The minimum absolute atomic E-state index is 0.318. The number of ether oxygens (including phenoxy) is 1. The molecule has 0 aliphatic heterocycles. The van der Waals surface area contributed by atoms with Crippen LogP contribution in [0.4, 0.5) is 0 Å². The smallest absolute Gasteiger partial charge is 0.293 e. The average molecular weight is 249 g/mol. The number of hydrogen-bond donors (Lipinski definition) is 0. The summed E-state index contributed by atoms with van der Waals surface area (Å²) < 4.78 is 4.55. The van der Waals surface area contributed by atoms with Gasteiger partial charge < -0.3 is 4.74 Å². The Morgan fingerprint density at radius 1 is 1.31 bits per heavy atom. The van der Waals surface area contributed by atoms with Crippen molar-refractivity contribution in [1.82, 2.24) is 0 Å². The number of carbonyl (C=O) groups is 1. The van der Waals surface area contributed by atoms with Gasteiger partial charge in [-0.15, -0.1) is 11.6 Å². The predicted molar refractivity (Wildman–Crippen MR) is 68.8 cm³/mol. The van der Waals surface area contributed by atoms with E-state index in [1.165, 1.54) is 32.1 Å². The van der Waals surface area contributed by atoms with Crippen LogP contribution < -0.4 is 0 Å². The Morgan fingerprint density at radius 2 is 1.88 bits per heavy atom. The van der Waals surface area contributed by atoms with Crippen LogP contribution in [0.1, 0.15) is 59.8 Å². The van der Waals surface area contributed by atoms with E-state index in [9.17, 15) is 4.79 Å². The highest BCUT2D eigenvalue weighted by atomic mass is 35.5. The average Bonchev–Trinajstić information content (AvgIpc) is 2.17. The molecule has 96 valence electrons. The van der Waals surface area contributed by atoms with Crippen LogP contribution in [-0.2, 0) is 9.53 Å². The normalized spacial score (nSPS) is 25.3. The molecule has 0 radical (unpaired) electrons. The minimum atomic E-state index is -0.318. The standard InChI is InChI=1S/C8H15Cl.C5H10O2/c1-2-7-5-3-4-6-8(7)9;1-5(2,3)7-4-6/h7-8H,2-6H2,1H3;4H,1-3H3.